The summed E-state index contributed by atoms with van der Waals surface area (Å²) >= 11 is 9.24. The van der Waals surface area contributed by atoms with Crippen molar-refractivity contribution in [2.75, 3.05) is 11.9 Å². The highest BCUT2D eigenvalue weighted by Gasteiger charge is 2.10. The molecule has 1 heterocycles. The first-order chi connectivity index (χ1) is 12.1. The van der Waals surface area contributed by atoms with E-state index < -0.39 is 0 Å². The van der Waals surface area contributed by atoms with Crippen LogP contribution in [-0.4, -0.2) is 22.3 Å². The molecule has 0 aliphatic rings. The molecular weight excluding hydrogens is 406 g/mol. The topological polar surface area (TPSA) is 56.1 Å². The molecule has 5 nitrogen and oxygen atoms in total. The summed E-state index contributed by atoms with van der Waals surface area (Å²) < 4.78 is 7.94. The number of amides is 1. The lowest BCUT2D eigenvalue weighted by Crippen LogP contribution is -2.22. The normalized spacial score (nSPS) is 10.5. The van der Waals surface area contributed by atoms with E-state index in [9.17, 15) is 4.79 Å². The Hall–Kier alpha value is -2.31. The van der Waals surface area contributed by atoms with Crippen molar-refractivity contribution in [3.8, 4) is 5.75 Å². The van der Waals surface area contributed by atoms with E-state index in [1.165, 1.54) is 0 Å². The average molecular weight is 421 g/mol. The number of hydrogen-bond acceptors (Lipinski definition) is 3. The number of nitrogens with one attached hydrogen (secondary N) is 1. The van der Waals surface area contributed by atoms with Gasteiger partial charge >= 0.3 is 0 Å². The van der Waals surface area contributed by atoms with Crippen LogP contribution in [0.1, 0.15) is 5.56 Å². The van der Waals surface area contributed by atoms with Crippen molar-refractivity contribution in [2.24, 2.45) is 0 Å². The number of benzene rings is 2. The van der Waals surface area contributed by atoms with Crippen molar-refractivity contribution in [2.45, 2.75) is 6.54 Å². The number of carbonyl (C=O) groups is 1. The number of hydrogen-bond donors (Lipinski definition) is 1. The molecule has 0 aliphatic carbocycles. The van der Waals surface area contributed by atoms with Crippen LogP contribution in [-0.2, 0) is 11.3 Å². The second kappa shape index (κ2) is 8.18. The lowest BCUT2D eigenvalue weighted by Gasteiger charge is -2.11. The third-order valence-electron chi connectivity index (χ3n) is 3.41. The van der Waals surface area contributed by atoms with Gasteiger partial charge < -0.3 is 10.1 Å². The Balaban J connectivity index is 1.59. The maximum atomic E-state index is 12.1. The molecule has 1 amide bonds. The lowest BCUT2D eigenvalue weighted by atomic mass is 10.2. The Bertz CT molecular complexity index is 868. The van der Waals surface area contributed by atoms with Crippen molar-refractivity contribution < 1.29 is 9.53 Å². The molecule has 0 aliphatic heterocycles. The SMILES string of the molecule is O=C(COc1ccc(Cl)cc1Br)Nc1ccnn1Cc1ccccc1. The zero-order valence-electron chi connectivity index (χ0n) is 13.2. The number of ether oxygens (including phenoxy) is 1. The van der Waals surface area contributed by atoms with Gasteiger partial charge in [-0.2, -0.15) is 5.10 Å². The molecule has 0 bridgehead atoms. The molecule has 1 aromatic heterocycles. The summed E-state index contributed by atoms with van der Waals surface area (Å²) in [6.07, 6.45) is 1.65. The van der Waals surface area contributed by atoms with Crippen LogP contribution in [0.3, 0.4) is 0 Å². The molecule has 0 fully saturated rings. The van der Waals surface area contributed by atoms with Gasteiger partial charge in [0.25, 0.3) is 5.91 Å². The first kappa shape index (κ1) is 17.5. The smallest absolute Gasteiger partial charge is 0.263 e. The van der Waals surface area contributed by atoms with Gasteiger partial charge in [-0.05, 0) is 39.7 Å². The number of anilines is 1. The second-order valence-electron chi connectivity index (χ2n) is 5.27. The predicted octanol–water partition coefficient (Wildman–Crippen LogP) is 4.36. The minimum absolute atomic E-state index is 0.114. The Morgan fingerprint density at radius 1 is 1.20 bits per heavy atom. The van der Waals surface area contributed by atoms with Gasteiger partial charge in [-0.25, -0.2) is 4.68 Å². The molecule has 2 aromatic carbocycles. The fourth-order valence-electron chi connectivity index (χ4n) is 2.24. The van der Waals surface area contributed by atoms with Crippen LogP contribution in [0.2, 0.25) is 5.02 Å². The highest BCUT2D eigenvalue weighted by Crippen LogP contribution is 2.27. The van der Waals surface area contributed by atoms with Crippen LogP contribution in [0.5, 0.6) is 5.75 Å². The van der Waals surface area contributed by atoms with E-state index in [2.05, 4.69) is 26.3 Å². The van der Waals surface area contributed by atoms with E-state index in [0.717, 1.165) is 5.56 Å². The molecule has 3 rings (SSSR count). The Labute approximate surface area is 158 Å². The van der Waals surface area contributed by atoms with E-state index in [-0.39, 0.29) is 12.5 Å². The average Bonchev–Trinajstić information content (AvgIpc) is 3.02. The fraction of sp³-hybridized carbons (Fsp3) is 0.111. The highest BCUT2D eigenvalue weighted by atomic mass is 79.9. The summed E-state index contributed by atoms with van der Waals surface area (Å²) in [5.41, 5.74) is 1.10. The van der Waals surface area contributed by atoms with E-state index in [1.54, 1.807) is 35.1 Å². The first-order valence-electron chi connectivity index (χ1n) is 7.55. The number of halogens is 2. The lowest BCUT2D eigenvalue weighted by molar-refractivity contribution is -0.118. The quantitative estimate of drug-likeness (QED) is 0.644. The maximum Gasteiger partial charge on any atom is 0.263 e. The molecule has 0 saturated carbocycles. The van der Waals surface area contributed by atoms with Gasteiger partial charge in [0.2, 0.25) is 0 Å². The van der Waals surface area contributed by atoms with Gasteiger partial charge in [-0.3, -0.25) is 4.79 Å². The van der Waals surface area contributed by atoms with E-state index in [4.69, 9.17) is 16.3 Å². The predicted molar refractivity (Wildman–Crippen MR) is 101 cm³/mol. The summed E-state index contributed by atoms with van der Waals surface area (Å²) in [5, 5.41) is 7.64. The van der Waals surface area contributed by atoms with Crippen molar-refractivity contribution in [1.82, 2.24) is 9.78 Å². The monoisotopic (exact) mass is 419 g/mol. The van der Waals surface area contributed by atoms with Gasteiger partial charge in [-0.15, -0.1) is 0 Å². The standard InChI is InChI=1S/C18H15BrClN3O2/c19-15-10-14(20)6-7-16(15)25-12-18(24)22-17-8-9-21-23(17)11-13-4-2-1-3-5-13/h1-10H,11-12H2,(H,22,24). The zero-order valence-corrected chi connectivity index (χ0v) is 15.5. The minimum Gasteiger partial charge on any atom is -0.483 e. The molecule has 3 aromatic rings. The van der Waals surface area contributed by atoms with E-state index in [0.29, 0.717) is 27.6 Å². The number of aromatic nitrogens is 2. The van der Waals surface area contributed by atoms with Gasteiger partial charge in [0.1, 0.15) is 11.6 Å². The van der Waals surface area contributed by atoms with Crippen LogP contribution in [0, 0.1) is 0 Å². The molecule has 0 saturated heterocycles. The third kappa shape index (κ3) is 4.84. The molecule has 0 atom stereocenters. The summed E-state index contributed by atoms with van der Waals surface area (Å²) in [5.74, 6) is 0.904. The fourth-order valence-corrected chi connectivity index (χ4v) is 3.03. The van der Waals surface area contributed by atoms with Crippen LogP contribution < -0.4 is 10.1 Å². The number of rotatable bonds is 6. The van der Waals surface area contributed by atoms with Gasteiger partial charge in [-0.1, -0.05) is 41.9 Å². The van der Waals surface area contributed by atoms with Crippen molar-refractivity contribution >= 4 is 39.3 Å². The molecule has 0 unspecified atom stereocenters. The van der Waals surface area contributed by atoms with Crippen LogP contribution in [0.25, 0.3) is 0 Å². The zero-order chi connectivity index (χ0) is 17.6. The van der Waals surface area contributed by atoms with E-state index >= 15 is 0 Å². The highest BCUT2D eigenvalue weighted by molar-refractivity contribution is 9.10. The number of carbonyl (C=O) groups excluding carboxylic acids is 1. The summed E-state index contributed by atoms with van der Waals surface area (Å²) in [6.45, 7) is 0.462. The Kier molecular flexibility index (Phi) is 5.73. The summed E-state index contributed by atoms with van der Waals surface area (Å²) in [6, 6.07) is 16.8. The molecule has 1 N–H and O–H groups in total. The summed E-state index contributed by atoms with van der Waals surface area (Å²) in [7, 11) is 0. The van der Waals surface area contributed by atoms with Crippen molar-refractivity contribution in [1.29, 1.82) is 0 Å². The number of nitrogens with zero attached hydrogens (tertiary/aromatic N) is 2. The molecular formula is C18H15BrClN3O2. The van der Waals surface area contributed by atoms with Gasteiger partial charge in [0.15, 0.2) is 6.61 Å². The maximum absolute atomic E-state index is 12.1. The van der Waals surface area contributed by atoms with Gasteiger partial charge in [0, 0.05) is 11.1 Å². The largest absolute Gasteiger partial charge is 0.483 e. The molecule has 128 valence electrons. The van der Waals surface area contributed by atoms with Crippen molar-refractivity contribution in [3.63, 3.8) is 0 Å². The van der Waals surface area contributed by atoms with Crippen LogP contribution >= 0.6 is 27.5 Å². The van der Waals surface area contributed by atoms with Crippen LogP contribution in [0.4, 0.5) is 5.82 Å². The Morgan fingerprint density at radius 3 is 2.76 bits per heavy atom. The molecule has 0 spiro atoms. The molecule has 25 heavy (non-hydrogen) atoms. The second-order valence-corrected chi connectivity index (χ2v) is 6.56. The third-order valence-corrected chi connectivity index (χ3v) is 4.27. The first-order valence-corrected chi connectivity index (χ1v) is 8.72. The van der Waals surface area contributed by atoms with Gasteiger partial charge in [0.05, 0.1) is 17.2 Å². The van der Waals surface area contributed by atoms with Crippen LogP contribution in [0.15, 0.2) is 65.3 Å². The van der Waals surface area contributed by atoms with Crippen molar-refractivity contribution in [3.05, 3.63) is 75.9 Å². The Morgan fingerprint density at radius 2 is 2.00 bits per heavy atom. The minimum atomic E-state index is -0.267. The molecule has 7 heteroatoms. The summed E-state index contributed by atoms with van der Waals surface area (Å²) in [4.78, 5) is 12.1. The molecule has 0 radical (unpaired) electrons. The van der Waals surface area contributed by atoms with E-state index in [1.807, 2.05) is 30.3 Å².